The number of morpholine rings is 1. The Kier molecular flexibility index (Phi) is 9.87. The van der Waals surface area contributed by atoms with Crippen molar-refractivity contribution in [3.63, 3.8) is 0 Å². The van der Waals surface area contributed by atoms with E-state index in [-0.39, 0.29) is 18.6 Å². The van der Waals surface area contributed by atoms with Crippen molar-refractivity contribution in [3.8, 4) is 0 Å². The van der Waals surface area contributed by atoms with Gasteiger partial charge in [-0.3, -0.25) is 13.6 Å². The van der Waals surface area contributed by atoms with Crippen LogP contribution in [-0.4, -0.2) is 45.6 Å². The van der Waals surface area contributed by atoms with Crippen LogP contribution in [0.25, 0.3) is 10.9 Å². The van der Waals surface area contributed by atoms with E-state index >= 15 is 0 Å². The number of halogens is 1. The Hall–Kier alpha value is -3.26. The molecule has 1 atom stereocenters. The maximum Gasteiger partial charge on any atom is 0.300 e. The summed E-state index contributed by atoms with van der Waals surface area (Å²) >= 11 is 7.24. The summed E-state index contributed by atoms with van der Waals surface area (Å²) in [5.41, 5.74) is 2.31. The lowest BCUT2D eigenvalue weighted by Crippen LogP contribution is -2.45. The molecule has 6 nitrogen and oxygen atoms in total. The predicted octanol–water partition coefficient (Wildman–Crippen LogP) is 6.94. The molecule has 4 aromatic rings. The minimum Gasteiger partial charge on any atom is -0.481 e. The SMILES string of the molecule is CC(=O)O.Clc1ccccc1.O=C1COCC(c2cc3ccccc3n2Sc2ccccc2)N1CC1CC1. The summed E-state index contributed by atoms with van der Waals surface area (Å²) < 4.78 is 7.94. The van der Waals surface area contributed by atoms with Crippen molar-refractivity contribution in [3.05, 3.63) is 102 Å². The van der Waals surface area contributed by atoms with Gasteiger partial charge in [-0.15, -0.1) is 0 Å². The third-order valence-corrected chi connectivity index (χ3v) is 7.38. The van der Waals surface area contributed by atoms with Gasteiger partial charge in [-0.25, -0.2) is 0 Å². The van der Waals surface area contributed by atoms with Gasteiger partial charge < -0.3 is 14.7 Å². The maximum atomic E-state index is 12.6. The first-order valence-corrected chi connectivity index (χ1v) is 13.7. The van der Waals surface area contributed by atoms with Crippen molar-refractivity contribution >= 4 is 46.3 Å². The number of fused-ring (bicyclic) bond motifs is 1. The maximum absolute atomic E-state index is 12.6. The largest absolute Gasteiger partial charge is 0.481 e. The Balaban J connectivity index is 0.000000257. The molecule has 0 radical (unpaired) electrons. The van der Waals surface area contributed by atoms with E-state index in [1.165, 1.54) is 28.6 Å². The Labute approximate surface area is 232 Å². The molecule has 0 bridgehead atoms. The number of carbonyl (C=O) groups is 2. The number of hydrogen-bond acceptors (Lipinski definition) is 4. The second-order valence-electron chi connectivity index (χ2n) is 9.16. The molecule has 1 N–H and O–H groups in total. The molecule has 1 aromatic heterocycles. The number of carboxylic acids is 1. The van der Waals surface area contributed by atoms with E-state index in [0.717, 1.165) is 24.2 Å². The second-order valence-corrected chi connectivity index (χ2v) is 10.6. The molecule has 1 aliphatic heterocycles. The molecule has 2 heterocycles. The van der Waals surface area contributed by atoms with Crippen molar-refractivity contribution in [2.24, 2.45) is 5.92 Å². The number of nitrogens with zero attached hydrogens (tertiary/aromatic N) is 2. The van der Waals surface area contributed by atoms with Gasteiger partial charge in [0, 0.05) is 28.8 Å². The fraction of sp³-hybridized carbons (Fsp3) is 0.267. The molecule has 1 aliphatic carbocycles. The molecule has 1 saturated heterocycles. The Morgan fingerprint density at radius 2 is 1.61 bits per heavy atom. The average molecular weight is 551 g/mol. The quantitative estimate of drug-likeness (QED) is 0.291. The van der Waals surface area contributed by atoms with E-state index in [0.29, 0.717) is 12.5 Å². The summed E-state index contributed by atoms with van der Waals surface area (Å²) in [6, 6.07) is 30.4. The third-order valence-electron chi connectivity index (χ3n) is 6.06. The predicted molar refractivity (Wildman–Crippen MR) is 152 cm³/mol. The number of aliphatic carboxylic acids is 1. The number of para-hydroxylation sites is 1. The molecule has 0 spiro atoms. The first-order valence-electron chi connectivity index (χ1n) is 12.5. The van der Waals surface area contributed by atoms with E-state index in [1.807, 2.05) is 36.4 Å². The van der Waals surface area contributed by atoms with E-state index in [4.69, 9.17) is 26.2 Å². The first kappa shape index (κ1) is 27.8. The highest BCUT2D eigenvalue weighted by Crippen LogP contribution is 2.38. The average Bonchev–Trinajstić information content (AvgIpc) is 3.66. The van der Waals surface area contributed by atoms with Crippen LogP contribution in [0.5, 0.6) is 0 Å². The van der Waals surface area contributed by atoms with Crippen molar-refractivity contribution in [2.75, 3.05) is 19.8 Å². The number of aromatic nitrogens is 1. The fourth-order valence-corrected chi connectivity index (χ4v) is 5.32. The minimum atomic E-state index is -0.833. The topological polar surface area (TPSA) is 71.8 Å². The van der Waals surface area contributed by atoms with Gasteiger partial charge in [-0.05, 0) is 67.1 Å². The molecule has 8 heteroatoms. The number of rotatable bonds is 5. The van der Waals surface area contributed by atoms with Gasteiger partial charge >= 0.3 is 0 Å². The molecule has 198 valence electrons. The van der Waals surface area contributed by atoms with E-state index in [1.54, 1.807) is 11.9 Å². The monoisotopic (exact) mass is 550 g/mol. The molecule has 38 heavy (non-hydrogen) atoms. The van der Waals surface area contributed by atoms with Crippen LogP contribution in [0.3, 0.4) is 0 Å². The number of benzene rings is 3. The molecule has 1 unspecified atom stereocenters. The molecule has 6 rings (SSSR count). The standard InChI is InChI=1S/C22H22N2O2S.C6H5Cl.C2H4O2/c25-22-15-26-14-21(23(22)13-16-10-11-16)20-12-17-6-4-5-9-19(17)24(20)27-18-7-2-1-3-8-18;7-6-4-2-1-3-5-6;1-2(3)4/h1-9,12,16,21H,10-11,13-15H2;1-5H;1H3,(H,3,4). The van der Waals surface area contributed by atoms with Crippen LogP contribution in [0.1, 0.15) is 31.5 Å². The van der Waals surface area contributed by atoms with Crippen molar-refractivity contribution in [1.29, 1.82) is 0 Å². The highest BCUT2D eigenvalue weighted by molar-refractivity contribution is 7.98. The van der Waals surface area contributed by atoms with Crippen molar-refractivity contribution in [2.45, 2.75) is 30.7 Å². The van der Waals surface area contributed by atoms with E-state index in [2.05, 4.69) is 63.5 Å². The number of carbonyl (C=O) groups excluding carboxylic acids is 1. The highest BCUT2D eigenvalue weighted by Gasteiger charge is 2.36. The van der Waals surface area contributed by atoms with E-state index < -0.39 is 5.97 Å². The number of ether oxygens (including phenoxy) is 1. The molecule has 2 fully saturated rings. The Morgan fingerprint density at radius 3 is 2.21 bits per heavy atom. The van der Waals surface area contributed by atoms with Gasteiger partial charge in [0.15, 0.2) is 0 Å². The Morgan fingerprint density at radius 1 is 1.00 bits per heavy atom. The van der Waals surface area contributed by atoms with Gasteiger partial charge in [0.05, 0.1) is 23.9 Å². The van der Waals surface area contributed by atoms with Crippen LogP contribution >= 0.6 is 23.5 Å². The zero-order valence-electron chi connectivity index (χ0n) is 21.2. The minimum absolute atomic E-state index is 0.0320. The lowest BCUT2D eigenvalue weighted by atomic mass is 10.1. The highest BCUT2D eigenvalue weighted by atomic mass is 35.5. The molecule has 3 aromatic carbocycles. The van der Waals surface area contributed by atoms with Gasteiger partial charge in [0.2, 0.25) is 5.91 Å². The van der Waals surface area contributed by atoms with Crippen molar-refractivity contribution in [1.82, 2.24) is 8.87 Å². The lowest BCUT2D eigenvalue weighted by molar-refractivity contribution is -0.149. The smallest absolute Gasteiger partial charge is 0.300 e. The first-order chi connectivity index (χ1) is 18.4. The molecule has 1 amide bonds. The fourth-order valence-electron chi connectivity index (χ4n) is 4.14. The van der Waals surface area contributed by atoms with Crippen LogP contribution in [-0.2, 0) is 14.3 Å². The summed E-state index contributed by atoms with van der Waals surface area (Å²) in [4.78, 5) is 24.8. The number of amides is 1. The number of hydrogen-bond donors (Lipinski definition) is 1. The van der Waals surface area contributed by atoms with Gasteiger partial charge in [-0.2, -0.15) is 0 Å². The van der Waals surface area contributed by atoms with Crippen LogP contribution in [0.15, 0.2) is 95.9 Å². The molecule has 2 aliphatic rings. The van der Waals surface area contributed by atoms with E-state index in [9.17, 15) is 4.79 Å². The second kappa shape index (κ2) is 13.5. The molecule has 1 saturated carbocycles. The Bertz CT molecular complexity index is 1340. The zero-order chi connectivity index (χ0) is 26.9. The zero-order valence-corrected chi connectivity index (χ0v) is 22.8. The van der Waals surface area contributed by atoms with Crippen LogP contribution in [0, 0.1) is 5.92 Å². The summed E-state index contributed by atoms with van der Waals surface area (Å²) in [5.74, 6) is -0.0613. The lowest BCUT2D eigenvalue weighted by Gasteiger charge is -2.36. The van der Waals surface area contributed by atoms with Crippen LogP contribution in [0.2, 0.25) is 5.02 Å². The number of carboxylic acid groups (broad SMARTS) is 1. The van der Waals surface area contributed by atoms with Crippen LogP contribution < -0.4 is 0 Å². The molecular formula is C30H31ClN2O4S. The summed E-state index contributed by atoms with van der Waals surface area (Å²) in [7, 11) is 0. The van der Waals surface area contributed by atoms with Gasteiger partial charge in [0.25, 0.3) is 5.97 Å². The van der Waals surface area contributed by atoms with Crippen molar-refractivity contribution < 1.29 is 19.4 Å². The summed E-state index contributed by atoms with van der Waals surface area (Å²) in [6.45, 7) is 2.70. The van der Waals surface area contributed by atoms with Gasteiger partial charge in [0.1, 0.15) is 6.61 Å². The summed E-state index contributed by atoms with van der Waals surface area (Å²) in [6.07, 6.45) is 2.47. The van der Waals surface area contributed by atoms with Gasteiger partial charge in [-0.1, -0.05) is 66.2 Å². The van der Waals surface area contributed by atoms with Crippen LogP contribution in [0.4, 0.5) is 0 Å². The molecular weight excluding hydrogens is 520 g/mol. The third kappa shape index (κ3) is 7.87. The normalized spacial score (nSPS) is 16.7. The summed E-state index contributed by atoms with van der Waals surface area (Å²) in [5, 5.41) is 9.41.